The maximum atomic E-state index is 12.1. The molecule has 2 heterocycles. The van der Waals surface area contributed by atoms with Gasteiger partial charge in [0.1, 0.15) is 6.10 Å². The predicted octanol–water partition coefficient (Wildman–Crippen LogP) is 3.16. The minimum Gasteiger partial charge on any atom is -0.471 e. The van der Waals surface area contributed by atoms with Crippen molar-refractivity contribution in [3.05, 3.63) is 54.2 Å². The van der Waals surface area contributed by atoms with E-state index in [1.165, 1.54) is 4.90 Å². The van der Waals surface area contributed by atoms with Crippen molar-refractivity contribution in [2.75, 3.05) is 18.8 Å². The second-order valence-electron chi connectivity index (χ2n) is 5.57. The van der Waals surface area contributed by atoms with E-state index in [4.69, 9.17) is 4.74 Å². The first kappa shape index (κ1) is 15.9. The lowest BCUT2D eigenvalue weighted by Gasteiger charge is -2.38. The fourth-order valence-electron chi connectivity index (χ4n) is 2.40. The third-order valence-corrected chi connectivity index (χ3v) is 4.69. The Morgan fingerprint density at radius 2 is 2.00 bits per heavy atom. The van der Waals surface area contributed by atoms with Crippen LogP contribution in [0.15, 0.2) is 53.4 Å². The van der Waals surface area contributed by atoms with Crippen LogP contribution in [-0.2, 0) is 4.79 Å². The Bertz CT molecular complexity index is 657. The van der Waals surface area contributed by atoms with Crippen LogP contribution in [0.4, 0.5) is 0 Å². The van der Waals surface area contributed by atoms with Crippen molar-refractivity contribution < 1.29 is 9.53 Å². The summed E-state index contributed by atoms with van der Waals surface area (Å²) in [6.07, 6.45) is 0.629. The molecular formula is C18H20N2O2S. The quantitative estimate of drug-likeness (QED) is 0.764. The van der Waals surface area contributed by atoms with Gasteiger partial charge < -0.3 is 9.64 Å². The molecule has 0 N–H and O–H groups in total. The fraction of sp³-hybridized carbons (Fsp3) is 0.333. The molecule has 0 spiro atoms. The van der Waals surface area contributed by atoms with E-state index in [0.717, 1.165) is 11.4 Å². The van der Waals surface area contributed by atoms with Crippen molar-refractivity contribution in [2.45, 2.75) is 24.3 Å². The van der Waals surface area contributed by atoms with Crippen LogP contribution in [0.1, 0.15) is 12.1 Å². The van der Waals surface area contributed by atoms with Gasteiger partial charge in [-0.1, -0.05) is 24.3 Å². The van der Waals surface area contributed by atoms with Gasteiger partial charge in [0.25, 0.3) is 0 Å². The highest BCUT2D eigenvalue weighted by Gasteiger charge is 2.32. The Kier molecular flexibility index (Phi) is 5.18. The molecule has 1 aliphatic rings. The summed E-state index contributed by atoms with van der Waals surface area (Å²) in [5.41, 5.74) is 0.938. The number of nitrogens with zero attached hydrogens (tertiary/aromatic N) is 2. The topological polar surface area (TPSA) is 42.4 Å². The van der Waals surface area contributed by atoms with Crippen LogP contribution in [0.5, 0.6) is 5.88 Å². The van der Waals surface area contributed by atoms with E-state index in [-0.39, 0.29) is 12.0 Å². The van der Waals surface area contributed by atoms with E-state index in [1.807, 2.05) is 48.2 Å². The highest BCUT2D eigenvalue weighted by Crippen LogP contribution is 2.20. The summed E-state index contributed by atoms with van der Waals surface area (Å²) in [6.45, 7) is 3.25. The number of thioether (sulfide) groups is 1. The van der Waals surface area contributed by atoms with Crippen molar-refractivity contribution in [1.82, 2.24) is 9.88 Å². The number of aromatic nitrogens is 1. The molecule has 3 rings (SSSR count). The number of hydrogen-bond acceptors (Lipinski definition) is 4. The van der Waals surface area contributed by atoms with E-state index < -0.39 is 0 Å². The molecule has 120 valence electrons. The van der Waals surface area contributed by atoms with Gasteiger partial charge in [0.2, 0.25) is 11.8 Å². The van der Waals surface area contributed by atoms with E-state index in [1.54, 1.807) is 11.8 Å². The summed E-state index contributed by atoms with van der Waals surface area (Å²) >= 11 is 1.72. The SMILES string of the molecule is Cc1cccc(OC2CN(C(=O)CCSc3ccccc3)C2)n1. The van der Waals surface area contributed by atoms with E-state index >= 15 is 0 Å². The van der Waals surface area contributed by atoms with Crippen molar-refractivity contribution in [3.63, 3.8) is 0 Å². The molecule has 5 heteroatoms. The Hall–Kier alpha value is -2.01. The van der Waals surface area contributed by atoms with Crippen molar-refractivity contribution in [3.8, 4) is 5.88 Å². The van der Waals surface area contributed by atoms with Crippen molar-refractivity contribution in [1.29, 1.82) is 0 Å². The molecule has 0 bridgehead atoms. The van der Waals surface area contributed by atoms with Crippen LogP contribution < -0.4 is 4.74 Å². The average molecular weight is 328 g/mol. The van der Waals surface area contributed by atoms with Crippen LogP contribution in [0, 0.1) is 6.92 Å². The largest absolute Gasteiger partial charge is 0.471 e. The van der Waals surface area contributed by atoms with Gasteiger partial charge >= 0.3 is 0 Å². The number of ether oxygens (including phenoxy) is 1. The Morgan fingerprint density at radius 3 is 2.74 bits per heavy atom. The molecule has 0 atom stereocenters. The zero-order valence-corrected chi connectivity index (χ0v) is 14.0. The van der Waals surface area contributed by atoms with Crippen LogP contribution in [0.2, 0.25) is 0 Å². The van der Waals surface area contributed by atoms with Crippen molar-refractivity contribution in [2.24, 2.45) is 0 Å². The zero-order chi connectivity index (χ0) is 16.1. The minimum atomic E-state index is 0.0648. The Morgan fingerprint density at radius 1 is 1.22 bits per heavy atom. The number of rotatable bonds is 6. The molecule has 0 saturated carbocycles. The van der Waals surface area contributed by atoms with Crippen LogP contribution in [0.25, 0.3) is 0 Å². The number of likely N-dealkylation sites (tertiary alicyclic amines) is 1. The second-order valence-corrected chi connectivity index (χ2v) is 6.74. The molecule has 1 amide bonds. The maximum Gasteiger partial charge on any atom is 0.223 e. The normalized spacial score (nSPS) is 14.4. The molecule has 0 unspecified atom stereocenters. The van der Waals surface area contributed by atoms with Crippen molar-refractivity contribution >= 4 is 17.7 Å². The zero-order valence-electron chi connectivity index (χ0n) is 13.1. The average Bonchev–Trinajstić information content (AvgIpc) is 2.51. The molecule has 23 heavy (non-hydrogen) atoms. The summed E-state index contributed by atoms with van der Waals surface area (Å²) in [5.74, 6) is 1.65. The van der Waals surface area contributed by atoms with Crippen LogP contribution in [-0.4, -0.2) is 40.7 Å². The standard InChI is InChI=1S/C18H20N2O2S/c1-14-6-5-9-17(19-14)22-15-12-20(13-15)18(21)10-11-23-16-7-3-2-4-8-16/h2-9,15H,10-13H2,1H3. The van der Waals surface area contributed by atoms with E-state index in [2.05, 4.69) is 17.1 Å². The molecule has 0 radical (unpaired) electrons. The summed E-state index contributed by atoms with van der Waals surface area (Å²) in [7, 11) is 0. The van der Waals surface area contributed by atoms with Gasteiger partial charge in [0.15, 0.2) is 0 Å². The van der Waals surface area contributed by atoms with E-state index in [9.17, 15) is 4.79 Å². The first-order valence-electron chi connectivity index (χ1n) is 7.76. The highest BCUT2D eigenvalue weighted by molar-refractivity contribution is 7.99. The molecule has 2 aromatic rings. The number of carbonyl (C=O) groups excluding carboxylic acids is 1. The highest BCUT2D eigenvalue weighted by atomic mass is 32.2. The molecule has 0 aliphatic carbocycles. The van der Waals surface area contributed by atoms with Gasteiger partial charge in [0.05, 0.1) is 13.1 Å². The third-order valence-electron chi connectivity index (χ3n) is 3.68. The molecule has 1 aromatic carbocycles. The fourth-order valence-corrected chi connectivity index (χ4v) is 3.26. The maximum absolute atomic E-state index is 12.1. The lowest BCUT2D eigenvalue weighted by Crippen LogP contribution is -2.56. The molecule has 1 aliphatic heterocycles. The summed E-state index contributed by atoms with van der Waals surface area (Å²) in [5, 5.41) is 0. The smallest absolute Gasteiger partial charge is 0.223 e. The predicted molar refractivity (Wildman–Crippen MR) is 91.8 cm³/mol. The number of carbonyl (C=O) groups is 1. The van der Waals surface area contributed by atoms with Gasteiger partial charge in [-0.05, 0) is 25.1 Å². The van der Waals surface area contributed by atoms with Gasteiger partial charge in [-0.25, -0.2) is 4.98 Å². The van der Waals surface area contributed by atoms with Crippen LogP contribution in [0.3, 0.4) is 0 Å². The molecule has 1 saturated heterocycles. The summed E-state index contributed by atoms with van der Waals surface area (Å²) < 4.78 is 5.78. The van der Waals surface area contributed by atoms with Gasteiger partial charge in [-0.15, -0.1) is 11.8 Å². The van der Waals surface area contributed by atoms with E-state index in [0.29, 0.717) is 25.4 Å². The monoisotopic (exact) mass is 328 g/mol. The third kappa shape index (κ3) is 4.48. The first-order valence-corrected chi connectivity index (χ1v) is 8.75. The number of pyridine rings is 1. The number of aryl methyl sites for hydroxylation is 1. The Balaban J connectivity index is 1.36. The summed E-state index contributed by atoms with van der Waals surface area (Å²) in [4.78, 5) is 19.5. The first-order chi connectivity index (χ1) is 11.2. The number of hydrogen-bond donors (Lipinski definition) is 0. The summed E-state index contributed by atoms with van der Waals surface area (Å²) in [6, 6.07) is 15.9. The van der Waals surface area contributed by atoms with Crippen LogP contribution >= 0.6 is 11.8 Å². The van der Waals surface area contributed by atoms with Gasteiger partial charge in [-0.3, -0.25) is 4.79 Å². The lowest BCUT2D eigenvalue weighted by atomic mass is 10.1. The van der Waals surface area contributed by atoms with Gasteiger partial charge in [-0.2, -0.15) is 0 Å². The Labute approximate surface area is 140 Å². The molecule has 4 nitrogen and oxygen atoms in total. The molecular weight excluding hydrogens is 308 g/mol. The number of amides is 1. The minimum absolute atomic E-state index is 0.0648. The molecule has 1 fully saturated rings. The number of benzene rings is 1. The van der Waals surface area contributed by atoms with Gasteiger partial charge in [0, 0.05) is 28.8 Å². The second kappa shape index (κ2) is 7.51. The lowest BCUT2D eigenvalue weighted by molar-refractivity contribution is -0.139. The molecule has 1 aromatic heterocycles.